The molecule has 0 bridgehead atoms. The van der Waals surface area contributed by atoms with Gasteiger partial charge in [0, 0.05) is 19.2 Å². The van der Waals surface area contributed by atoms with Crippen LogP contribution >= 0.6 is 0 Å². The molecule has 108 valence electrons. The van der Waals surface area contributed by atoms with Gasteiger partial charge in [0.05, 0.1) is 6.10 Å². The largest absolute Gasteiger partial charge is 0.435 e. The monoisotopic (exact) mass is 273 g/mol. The van der Waals surface area contributed by atoms with E-state index < -0.39 is 6.61 Å². The van der Waals surface area contributed by atoms with E-state index in [1.807, 2.05) is 26.8 Å². The highest BCUT2D eigenvalue weighted by molar-refractivity contribution is 5.30. The number of ether oxygens (including phenoxy) is 2. The number of hydrogen-bond donors (Lipinski definition) is 1. The molecule has 0 spiro atoms. The highest BCUT2D eigenvalue weighted by Gasteiger charge is 2.15. The van der Waals surface area contributed by atoms with Gasteiger partial charge in [-0.25, -0.2) is 0 Å². The zero-order chi connectivity index (χ0) is 14.4. The van der Waals surface area contributed by atoms with E-state index in [1.165, 1.54) is 6.07 Å². The van der Waals surface area contributed by atoms with Crippen molar-refractivity contribution in [1.29, 1.82) is 0 Å². The molecule has 19 heavy (non-hydrogen) atoms. The van der Waals surface area contributed by atoms with E-state index in [-0.39, 0.29) is 23.9 Å². The molecule has 0 aliphatic rings. The lowest BCUT2D eigenvalue weighted by atomic mass is 10.1. The van der Waals surface area contributed by atoms with E-state index in [9.17, 15) is 8.78 Å². The molecule has 1 aromatic carbocycles. The maximum Gasteiger partial charge on any atom is 0.387 e. The first kappa shape index (κ1) is 15.9. The second-order valence-corrected chi connectivity index (χ2v) is 4.57. The van der Waals surface area contributed by atoms with E-state index in [4.69, 9.17) is 4.74 Å². The summed E-state index contributed by atoms with van der Waals surface area (Å²) >= 11 is 0. The molecule has 0 saturated heterocycles. The quantitative estimate of drug-likeness (QED) is 0.826. The molecular formula is C14H21F2NO2. The second-order valence-electron chi connectivity index (χ2n) is 4.57. The van der Waals surface area contributed by atoms with Gasteiger partial charge in [-0.2, -0.15) is 8.78 Å². The SMILES string of the molecule is COC(C)C(C)NC(C)c1cccc(OC(F)F)c1. The van der Waals surface area contributed by atoms with Crippen LogP contribution in [-0.2, 0) is 4.74 Å². The molecule has 3 unspecified atom stereocenters. The van der Waals surface area contributed by atoms with Crippen molar-refractivity contribution in [2.24, 2.45) is 0 Å². The molecule has 3 atom stereocenters. The van der Waals surface area contributed by atoms with E-state index in [1.54, 1.807) is 19.2 Å². The molecule has 1 N–H and O–H groups in total. The van der Waals surface area contributed by atoms with Crippen LogP contribution in [-0.4, -0.2) is 25.9 Å². The Bertz CT molecular complexity index is 387. The van der Waals surface area contributed by atoms with Gasteiger partial charge in [-0.3, -0.25) is 0 Å². The summed E-state index contributed by atoms with van der Waals surface area (Å²) in [5, 5.41) is 3.36. The van der Waals surface area contributed by atoms with Crippen molar-refractivity contribution < 1.29 is 18.3 Å². The smallest absolute Gasteiger partial charge is 0.387 e. The summed E-state index contributed by atoms with van der Waals surface area (Å²) in [6, 6.07) is 6.89. The van der Waals surface area contributed by atoms with Crippen LogP contribution in [0.1, 0.15) is 32.4 Å². The Morgan fingerprint density at radius 3 is 2.42 bits per heavy atom. The van der Waals surface area contributed by atoms with Crippen molar-refractivity contribution in [2.45, 2.75) is 45.6 Å². The lowest BCUT2D eigenvalue weighted by Gasteiger charge is -2.24. The van der Waals surface area contributed by atoms with Crippen LogP contribution in [0.2, 0.25) is 0 Å². The first-order valence-electron chi connectivity index (χ1n) is 6.27. The topological polar surface area (TPSA) is 30.5 Å². The summed E-state index contributed by atoms with van der Waals surface area (Å²) in [6.07, 6.45) is 0.0722. The summed E-state index contributed by atoms with van der Waals surface area (Å²) < 4.78 is 34.0. The third-order valence-electron chi connectivity index (χ3n) is 3.17. The van der Waals surface area contributed by atoms with Gasteiger partial charge in [0.2, 0.25) is 0 Å². The molecule has 3 nitrogen and oxygen atoms in total. The van der Waals surface area contributed by atoms with Crippen LogP contribution < -0.4 is 10.1 Å². The first-order valence-corrected chi connectivity index (χ1v) is 6.27. The van der Waals surface area contributed by atoms with Gasteiger partial charge in [-0.1, -0.05) is 12.1 Å². The molecule has 0 heterocycles. The highest BCUT2D eigenvalue weighted by Crippen LogP contribution is 2.21. The van der Waals surface area contributed by atoms with Gasteiger partial charge in [-0.05, 0) is 38.5 Å². The molecule has 1 aromatic rings. The lowest BCUT2D eigenvalue weighted by molar-refractivity contribution is -0.0499. The van der Waals surface area contributed by atoms with E-state index in [0.29, 0.717) is 0 Å². The Kier molecular flexibility index (Phi) is 6.18. The zero-order valence-corrected chi connectivity index (χ0v) is 11.7. The van der Waals surface area contributed by atoms with E-state index in [2.05, 4.69) is 10.1 Å². The number of halogens is 2. The maximum atomic E-state index is 12.2. The van der Waals surface area contributed by atoms with Crippen LogP contribution in [0, 0.1) is 0 Å². The van der Waals surface area contributed by atoms with Gasteiger partial charge in [0.25, 0.3) is 0 Å². The third kappa shape index (κ3) is 5.12. The van der Waals surface area contributed by atoms with Gasteiger partial charge >= 0.3 is 6.61 Å². The zero-order valence-electron chi connectivity index (χ0n) is 11.7. The summed E-state index contributed by atoms with van der Waals surface area (Å²) in [4.78, 5) is 0. The van der Waals surface area contributed by atoms with Gasteiger partial charge in [0.1, 0.15) is 5.75 Å². The number of hydrogen-bond acceptors (Lipinski definition) is 3. The minimum Gasteiger partial charge on any atom is -0.435 e. The fourth-order valence-corrected chi connectivity index (χ4v) is 1.79. The predicted octanol–water partition coefficient (Wildman–Crippen LogP) is 3.36. The maximum absolute atomic E-state index is 12.2. The van der Waals surface area contributed by atoms with E-state index >= 15 is 0 Å². The average Bonchev–Trinajstić information content (AvgIpc) is 2.37. The van der Waals surface area contributed by atoms with Gasteiger partial charge in [-0.15, -0.1) is 0 Å². The number of benzene rings is 1. The fourth-order valence-electron chi connectivity index (χ4n) is 1.79. The molecular weight excluding hydrogens is 252 g/mol. The normalized spacial score (nSPS) is 16.2. The summed E-state index contributed by atoms with van der Waals surface area (Å²) in [5.41, 5.74) is 0.897. The molecule has 0 amide bonds. The molecule has 0 aliphatic carbocycles. The van der Waals surface area contributed by atoms with Crippen LogP contribution in [0.4, 0.5) is 8.78 Å². The van der Waals surface area contributed by atoms with Crippen LogP contribution in [0.3, 0.4) is 0 Å². The predicted molar refractivity (Wildman–Crippen MR) is 70.6 cm³/mol. The van der Waals surface area contributed by atoms with Crippen molar-refractivity contribution in [3.05, 3.63) is 29.8 Å². The number of alkyl halides is 2. The Hall–Kier alpha value is -1.20. The van der Waals surface area contributed by atoms with E-state index in [0.717, 1.165) is 5.56 Å². The summed E-state index contributed by atoms with van der Waals surface area (Å²) in [6.45, 7) is 3.16. The second kappa shape index (κ2) is 7.40. The summed E-state index contributed by atoms with van der Waals surface area (Å²) in [5.74, 6) is 0.175. The standard InChI is InChI=1S/C14H21F2NO2/c1-9(11(3)18-4)17-10(2)12-6-5-7-13(8-12)19-14(15)16/h5-11,14,17H,1-4H3. The molecule has 1 rings (SSSR count). The minimum absolute atomic E-state index is 0.0221. The van der Waals surface area contributed by atoms with Crippen molar-refractivity contribution in [3.8, 4) is 5.75 Å². The van der Waals surface area contributed by atoms with Crippen LogP contribution in [0.15, 0.2) is 24.3 Å². The van der Waals surface area contributed by atoms with Crippen molar-refractivity contribution in [1.82, 2.24) is 5.32 Å². The van der Waals surface area contributed by atoms with Crippen LogP contribution in [0.25, 0.3) is 0 Å². The highest BCUT2D eigenvalue weighted by atomic mass is 19.3. The Morgan fingerprint density at radius 1 is 1.16 bits per heavy atom. The van der Waals surface area contributed by atoms with Crippen molar-refractivity contribution in [2.75, 3.05) is 7.11 Å². The molecule has 0 fully saturated rings. The molecule has 5 heteroatoms. The number of methoxy groups -OCH3 is 1. The number of rotatable bonds is 7. The van der Waals surface area contributed by atoms with Gasteiger partial charge < -0.3 is 14.8 Å². The molecule has 0 radical (unpaired) electrons. The lowest BCUT2D eigenvalue weighted by Crippen LogP contribution is -2.38. The average molecular weight is 273 g/mol. The third-order valence-corrected chi connectivity index (χ3v) is 3.17. The van der Waals surface area contributed by atoms with Gasteiger partial charge in [0.15, 0.2) is 0 Å². The number of nitrogens with one attached hydrogen (secondary N) is 1. The minimum atomic E-state index is -2.80. The van der Waals surface area contributed by atoms with Crippen molar-refractivity contribution in [3.63, 3.8) is 0 Å². The fraction of sp³-hybridized carbons (Fsp3) is 0.571. The first-order chi connectivity index (χ1) is 8.93. The Morgan fingerprint density at radius 2 is 1.84 bits per heavy atom. The van der Waals surface area contributed by atoms with Crippen LogP contribution in [0.5, 0.6) is 5.75 Å². The summed E-state index contributed by atoms with van der Waals surface area (Å²) in [7, 11) is 1.66. The molecule has 0 aliphatic heterocycles. The molecule has 0 saturated carbocycles. The molecule has 0 aromatic heterocycles. The Labute approximate surface area is 112 Å². The Balaban J connectivity index is 2.68. The van der Waals surface area contributed by atoms with Crippen molar-refractivity contribution >= 4 is 0 Å².